The smallest absolute Gasteiger partial charge is 0.306 e. The summed E-state index contributed by atoms with van der Waals surface area (Å²) in [6.07, 6.45) is 14.9. The zero-order valence-electron chi connectivity index (χ0n) is 13.8. The third-order valence-electron chi connectivity index (χ3n) is 4.43. The predicted molar refractivity (Wildman–Crippen MR) is 86.2 cm³/mol. The number of carbonyl (C=O) groups excluding carboxylic acids is 1. The molecule has 21 heavy (non-hydrogen) atoms. The predicted octanol–water partition coefficient (Wildman–Crippen LogP) is 4.75. The molecule has 1 fully saturated rings. The summed E-state index contributed by atoms with van der Waals surface area (Å²) in [5.41, 5.74) is 0. The summed E-state index contributed by atoms with van der Waals surface area (Å²) in [5, 5.41) is 10.1. The molecule has 1 rings (SSSR count). The molecule has 2 atom stereocenters. The van der Waals surface area contributed by atoms with Crippen molar-refractivity contribution < 1.29 is 14.6 Å². The van der Waals surface area contributed by atoms with Gasteiger partial charge < -0.3 is 9.84 Å². The minimum Gasteiger partial charge on any atom is -0.460 e. The first kappa shape index (κ1) is 18.5. The third kappa shape index (κ3) is 9.13. The van der Waals surface area contributed by atoms with Gasteiger partial charge in [-0.3, -0.25) is 4.79 Å². The first-order valence-electron chi connectivity index (χ1n) is 9.11. The van der Waals surface area contributed by atoms with Gasteiger partial charge >= 0.3 is 5.97 Å². The summed E-state index contributed by atoms with van der Waals surface area (Å²) >= 11 is 0. The molecule has 0 bridgehead atoms. The molecule has 1 aliphatic rings. The molecule has 0 aromatic heterocycles. The van der Waals surface area contributed by atoms with Crippen molar-refractivity contribution >= 4 is 5.97 Å². The average Bonchev–Trinajstić information content (AvgIpc) is 2.70. The summed E-state index contributed by atoms with van der Waals surface area (Å²) in [6.45, 7) is 2.25. The molecule has 3 heteroatoms. The van der Waals surface area contributed by atoms with Crippen LogP contribution in [0.15, 0.2) is 0 Å². The van der Waals surface area contributed by atoms with Gasteiger partial charge in [0.15, 0.2) is 0 Å². The topological polar surface area (TPSA) is 46.5 Å². The first-order chi connectivity index (χ1) is 10.2. The van der Waals surface area contributed by atoms with Gasteiger partial charge in [-0.05, 0) is 25.7 Å². The van der Waals surface area contributed by atoms with Crippen LogP contribution in [-0.2, 0) is 9.53 Å². The third-order valence-corrected chi connectivity index (χ3v) is 4.43. The lowest BCUT2D eigenvalue weighted by Crippen LogP contribution is -2.30. The molecule has 1 saturated heterocycles. The Morgan fingerprint density at radius 2 is 1.67 bits per heavy atom. The van der Waals surface area contributed by atoms with E-state index in [4.69, 9.17) is 4.74 Å². The second-order valence-electron chi connectivity index (χ2n) is 6.46. The van der Waals surface area contributed by atoms with E-state index in [1.165, 1.54) is 51.4 Å². The van der Waals surface area contributed by atoms with Crippen LogP contribution in [-0.4, -0.2) is 23.3 Å². The van der Waals surface area contributed by atoms with Crippen LogP contribution in [0, 0.1) is 0 Å². The number of hydrogen-bond donors (Lipinski definition) is 1. The molecular weight excluding hydrogens is 264 g/mol. The van der Waals surface area contributed by atoms with Gasteiger partial charge in [0.2, 0.25) is 0 Å². The van der Waals surface area contributed by atoms with Crippen LogP contribution in [0.2, 0.25) is 0 Å². The Bertz CT molecular complexity index is 265. The van der Waals surface area contributed by atoms with Crippen molar-refractivity contribution in [1.29, 1.82) is 0 Å². The molecule has 0 spiro atoms. The van der Waals surface area contributed by atoms with Crippen LogP contribution in [0.3, 0.4) is 0 Å². The number of ether oxygens (including phenoxy) is 1. The Balaban J connectivity index is 1.97. The molecular formula is C18H34O3. The van der Waals surface area contributed by atoms with E-state index >= 15 is 0 Å². The maximum atomic E-state index is 11.4. The van der Waals surface area contributed by atoms with Crippen molar-refractivity contribution in [3.63, 3.8) is 0 Å². The van der Waals surface area contributed by atoms with Crippen LogP contribution in [0.25, 0.3) is 0 Å². The van der Waals surface area contributed by atoms with Gasteiger partial charge in [-0.1, -0.05) is 64.7 Å². The van der Waals surface area contributed by atoms with E-state index in [1.807, 2.05) is 0 Å². The highest BCUT2D eigenvalue weighted by atomic mass is 16.6. The summed E-state index contributed by atoms with van der Waals surface area (Å²) in [5.74, 6) is -0.136. The summed E-state index contributed by atoms with van der Waals surface area (Å²) < 4.78 is 5.32. The quantitative estimate of drug-likeness (QED) is 0.442. The van der Waals surface area contributed by atoms with Gasteiger partial charge in [0.1, 0.15) is 6.10 Å². The number of rotatable bonds is 11. The van der Waals surface area contributed by atoms with Crippen molar-refractivity contribution in [2.24, 2.45) is 0 Å². The summed E-state index contributed by atoms with van der Waals surface area (Å²) in [7, 11) is 0. The van der Waals surface area contributed by atoms with Crippen LogP contribution in [0.4, 0.5) is 0 Å². The van der Waals surface area contributed by atoms with Crippen molar-refractivity contribution in [3.8, 4) is 0 Å². The number of esters is 1. The number of hydrogen-bond acceptors (Lipinski definition) is 3. The molecule has 0 aromatic rings. The highest BCUT2D eigenvalue weighted by Gasteiger charge is 2.24. The fraction of sp³-hybridized carbons (Fsp3) is 0.944. The summed E-state index contributed by atoms with van der Waals surface area (Å²) in [4.78, 5) is 11.4. The number of unbranched alkanes of at least 4 members (excludes halogenated alkanes) is 8. The van der Waals surface area contributed by atoms with Gasteiger partial charge in [0.05, 0.1) is 6.10 Å². The highest BCUT2D eigenvalue weighted by molar-refractivity contribution is 5.69. The molecule has 3 nitrogen and oxygen atoms in total. The van der Waals surface area contributed by atoms with Gasteiger partial charge in [-0.25, -0.2) is 0 Å². The Morgan fingerprint density at radius 3 is 2.33 bits per heavy atom. The highest BCUT2D eigenvalue weighted by Crippen LogP contribution is 2.20. The molecule has 0 radical (unpaired) electrons. The van der Waals surface area contributed by atoms with Crippen LogP contribution in [0.1, 0.15) is 96.8 Å². The van der Waals surface area contributed by atoms with Crippen molar-refractivity contribution in [2.75, 3.05) is 0 Å². The van der Waals surface area contributed by atoms with Gasteiger partial charge in [0, 0.05) is 6.42 Å². The van der Waals surface area contributed by atoms with Crippen LogP contribution < -0.4 is 0 Å². The second kappa shape index (κ2) is 12.0. The van der Waals surface area contributed by atoms with Crippen LogP contribution >= 0.6 is 0 Å². The van der Waals surface area contributed by atoms with Crippen molar-refractivity contribution in [2.45, 2.75) is 109 Å². The largest absolute Gasteiger partial charge is 0.460 e. The molecule has 0 amide bonds. The van der Waals surface area contributed by atoms with Gasteiger partial charge in [-0.2, -0.15) is 0 Å². The zero-order valence-corrected chi connectivity index (χ0v) is 13.8. The molecule has 0 saturated carbocycles. The lowest BCUT2D eigenvalue weighted by atomic mass is 10.0. The van der Waals surface area contributed by atoms with Crippen LogP contribution in [0.5, 0.6) is 0 Å². The SMILES string of the molecule is CCCCCCCCCCC[C@H](O)[C@@H]1CCCCC(=O)O1. The molecule has 0 aliphatic carbocycles. The van der Waals surface area contributed by atoms with Gasteiger partial charge in [0.25, 0.3) is 0 Å². The number of aliphatic hydroxyl groups is 1. The van der Waals surface area contributed by atoms with Crippen molar-refractivity contribution in [1.82, 2.24) is 0 Å². The molecule has 0 unspecified atom stereocenters. The Morgan fingerprint density at radius 1 is 1.05 bits per heavy atom. The maximum Gasteiger partial charge on any atom is 0.306 e. The number of carbonyl (C=O) groups is 1. The van der Waals surface area contributed by atoms with Crippen molar-refractivity contribution in [3.05, 3.63) is 0 Å². The lowest BCUT2D eigenvalue weighted by Gasteiger charge is -2.21. The second-order valence-corrected chi connectivity index (χ2v) is 6.46. The average molecular weight is 298 g/mol. The van der Waals surface area contributed by atoms with Gasteiger partial charge in [-0.15, -0.1) is 0 Å². The maximum absolute atomic E-state index is 11.4. The number of aliphatic hydroxyl groups excluding tert-OH is 1. The Hall–Kier alpha value is -0.570. The molecule has 124 valence electrons. The summed E-state index contributed by atoms with van der Waals surface area (Å²) in [6, 6.07) is 0. The molecule has 1 N–H and O–H groups in total. The fourth-order valence-corrected chi connectivity index (χ4v) is 3.02. The minimum absolute atomic E-state index is 0.136. The molecule has 0 aromatic carbocycles. The van der Waals surface area contributed by atoms with E-state index in [1.54, 1.807) is 0 Å². The standard InChI is InChI=1S/C18H34O3/c1-2-3-4-5-6-7-8-9-10-13-16(19)17-14-11-12-15-18(20)21-17/h16-17,19H,2-15H2,1H3/t16-,17-/m0/s1. The van der Waals surface area contributed by atoms with E-state index in [9.17, 15) is 9.90 Å². The molecule has 1 heterocycles. The lowest BCUT2D eigenvalue weighted by molar-refractivity contribution is -0.153. The number of cyclic esters (lactones) is 1. The normalized spacial score (nSPS) is 20.9. The minimum atomic E-state index is -0.461. The monoisotopic (exact) mass is 298 g/mol. The van der Waals surface area contributed by atoms with E-state index in [-0.39, 0.29) is 12.1 Å². The Kier molecular flexibility index (Phi) is 10.6. The fourth-order valence-electron chi connectivity index (χ4n) is 3.02. The van der Waals surface area contributed by atoms with E-state index in [0.717, 1.165) is 32.1 Å². The zero-order chi connectivity index (χ0) is 15.3. The van der Waals surface area contributed by atoms with E-state index in [0.29, 0.717) is 6.42 Å². The Labute approximate surface area is 130 Å². The first-order valence-corrected chi connectivity index (χ1v) is 9.11. The van der Waals surface area contributed by atoms with E-state index in [2.05, 4.69) is 6.92 Å². The molecule has 1 aliphatic heterocycles. The van der Waals surface area contributed by atoms with E-state index < -0.39 is 6.10 Å².